The van der Waals surface area contributed by atoms with Gasteiger partial charge < -0.3 is 5.32 Å². The number of hydrogen-bond donors (Lipinski definition) is 1. The van der Waals surface area contributed by atoms with Gasteiger partial charge in [0.25, 0.3) is 0 Å². The van der Waals surface area contributed by atoms with Gasteiger partial charge in [0, 0.05) is 6.04 Å². The number of ketones is 1. The molecule has 1 aliphatic rings. The fourth-order valence-corrected chi connectivity index (χ4v) is 1.07. The summed E-state index contributed by atoms with van der Waals surface area (Å²) in [4.78, 5) is 10.8. The van der Waals surface area contributed by atoms with E-state index in [1.165, 1.54) is 0 Å². The molecule has 0 saturated heterocycles. The van der Waals surface area contributed by atoms with Gasteiger partial charge in [-0.25, -0.2) is 0 Å². The van der Waals surface area contributed by atoms with Gasteiger partial charge in [0.2, 0.25) is 0 Å². The average molecular weight is 125 g/mol. The summed E-state index contributed by atoms with van der Waals surface area (Å²) in [5.74, 6) is 0.341. The van der Waals surface area contributed by atoms with Crippen LogP contribution in [0.3, 0.4) is 0 Å². The van der Waals surface area contributed by atoms with Crippen molar-refractivity contribution in [3.8, 4) is 0 Å². The van der Waals surface area contributed by atoms with Crippen molar-refractivity contribution >= 4 is 5.78 Å². The van der Waals surface area contributed by atoms with E-state index in [0.717, 1.165) is 0 Å². The second-order valence-corrected chi connectivity index (χ2v) is 2.45. The van der Waals surface area contributed by atoms with Gasteiger partial charge in [-0.3, -0.25) is 4.79 Å². The fourth-order valence-electron chi connectivity index (χ4n) is 1.07. The highest BCUT2D eigenvalue weighted by Crippen LogP contribution is 2.11. The van der Waals surface area contributed by atoms with Crippen LogP contribution in [0.1, 0.15) is 13.8 Å². The maximum Gasteiger partial charge on any atom is 0.138 e. The smallest absolute Gasteiger partial charge is 0.138 e. The van der Waals surface area contributed by atoms with Crippen LogP contribution in [0.15, 0.2) is 12.3 Å². The quantitative estimate of drug-likeness (QED) is 0.559. The SMILES string of the molecule is CC(=O)C1C=CNC1C. The van der Waals surface area contributed by atoms with E-state index in [1.807, 2.05) is 19.2 Å². The van der Waals surface area contributed by atoms with E-state index >= 15 is 0 Å². The standard InChI is InChI=1S/C7H11NO/c1-5-7(6(2)9)3-4-8-5/h3-5,7-8H,1-2H3. The van der Waals surface area contributed by atoms with Gasteiger partial charge in [-0.15, -0.1) is 0 Å². The van der Waals surface area contributed by atoms with Crippen molar-refractivity contribution in [1.82, 2.24) is 5.32 Å². The molecule has 50 valence electrons. The number of hydrogen-bond acceptors (Lipinski definition) is 2. The molecule has 1 aliphatic heterocycles. The largest absolute Gasteiger partial charge is 0.388 e. The topological polar surface area (TPSA) is 29.1 Å². The number of Topliss-reactive ketones (excluding diaryl/α,β-unsaturated/α-hetero) is 1. The Morgan fingerprint density at radius 3 is 2.56 bits per heavy atom. The van der Waals surface area contributed by atoms with E-state index in [0.29, 0.717) is 6.04 Å². The summed E-state index contributed by atoms with van der Waals surface area (Å²) in [6.07, 6.45) is 3.75. The summed E-state index contributed by atoms with van der Waals surface area (Å²) in [6, 6.07) is 0.294. The summed E-state index contributed by atoms with van der Waals surface area (Å²) in [6.45, 7) is 3.63. The normalized spacial score (nSPS) is 32.2. The molecule has 0 aromatic heterocycles. The fraction of sp³-hybridized carbons (Fsp3) is 0.571. The van der Waals surface area contributed by atoms with Crippen LogP contribution in [0.4, 0.5) is 0 Å². The molecular weight excluding hydrogens is 114 g/mol. The van der Waals surface area contributed by atoms with Crippen LogP contribution in [0.2, 0.25) is 0 Å². The molecule has 0 spiro atoms. The Labute approximate surface area is 54.9 Å². The zero-order valence-electron chi connectivity index (χ0n) is 5.72. The molecule has 0 radical (unpaired) electrons. The van der Waals surface area contributed by atoms with Crippen molar-refractivity contribution < 1.29 is 4.79 Å². The first-order valence-electron chi connectivity index (χ1n) is 3.15. The van der Waals surface area contributed by atoms with Crippen molar-refractivity contribution in [2.45, 2.75) is 19.9 Å². The number of rotatable bonds is 1. The van der Waals surface area contributed by atoms with Gasteiger partial charge in [0.1, 0.15) is 5.78 Å². The molecule has 0 aromatic carbocycles. The molecule has 1 heterocycles. The van der Waals surface area contributed by atoms with Crippen LogP contribution in [0, 0.1) is 5.92 Å². The molecule has 0 amide bonds. The second kappa shape index (κ2) is 2.21. The first-order chi connectivity index (χ1) is 4.22. The summed E-state index contributed by atoms with van der Waals surface area (Å²) < 4.78 is 0. The van der Waals surface area contributed by atoms with E-state index in [9.17, 15) is 4.79 Å². The molecule has 2 heteroatoms. The monoisotopic (exact) mass is 125 g/mol. The van der Waals surface area contributed by atoms with Crippen molar-refractivity contribution in [3.63, 3.8) is 0 Å². The van der Waals surface area contributed by atoms with Crippen LogP contribution < -0.4 is 5.32 Å². The molecule has 1 rings (SSSR count). The van der Waals surface area contributed by atoms with Gasteiger partial charge in [-0.1, -0.05) is 6.08 Å². The first-order valence-corrected chi connectivity index (χ1v) is 3.15. The van der Waals surface area contributed by atoms with Gasteiger partial charge in [0.05, 0.1) is 5.92 Å². The molecule has 9 heavy (non-hydrogen) atoms. The molecule has 0 fully saturated rings. The van der Waals surface area contributed by atoms with E-state index in [-0.39, 0.29) is 11.7 Å². The summed E-state index contributed by atoms with van der Waals surface area (Å²) in [5.41, 5.74) is 0. The lowest BCUT2D eigenvalue weighted by Crippen LogP contribution is -2.26. The van der Waals surface area contributed by atoms with E-state index in [4.69, 9.17) is 0 Å². The Bertz CT molecular complexity index is 151. The Morgan fingerprint density at radius 1 is 1.67 bits per heavy atom. The minimum Gasteiger partial charge on any atom is -0.388 e. The van der Waals surface area contributed by atoms with Gasteiger partial charge >= 0.3 is 0 Å². The second-order valence-electron chi connectivity index (χ2n) is 2.45. The zero-order chi connectivity index (χ0) is 6.85. The Hall–Kier alpha value is -0.790. The molecule has 2 atom stereocenters. The van der Waals surface area contributed by atoms with Crippen LogP contribution in [0.25, 0.3) is 0 Å². The number of carbonyl (C=O) groups excluding carboxylic acids is 1. The molecule has 1 N–H and O–H groups in total. The number of nitrogens with one attached hydrogen (secondary N) is 1. The molecule has 0 aromatic rings. The highest BCUT2D eigenvalue weighted by atomic mass is 16.1. The third-order valence-corrected chi connectivity index (χ3v) is 1.67. The first kappa shape index (κ1) is 6.33. The van der Waals surface area contributed by atoms with Crippen LogP contribution in [-0.4, -0.2) is 11.8 Å². The summed E-state index contributed by atoms with van der Waals surface area (Å²) >= 11 is 0. The maximum atomic E-state index is 10.8. The molecule has 2 nitrogen and oxygen atoms in total. The van der Waals surface area contributed by atoms with E-state index in [1.54, 1.807) is 6.92 Å². The third-order valence-electron chi connectivity index (χ3n) is 1.67. The van der Waals surface area contributed by atoms with Crippen molar-refractivity contribution in [2.75, 3.05) is 0 Å². The minimum atomic E-state index is 0.102. The molecule has 0 bridgehead atoms. The van der Waals surface area contributed by atoms with Crippen LogP contribution in [-0.2, 0) is 4.79 Å². The number of carbonyl (C=O) groups is 1. The molecule has 2 unspecified atom stereocenters. The van der Waals surface area contributed by atoms with Gasteiger partial charge in [-0.2, -0.15) is 0 Å². The summed E-state index contributed by atoms with van der Waals surface area (Å²) in [5, 5.41) is 3.05. The van der Waals surface area contributed by atoms with Crippen molar-refractivity contribution in [3.05, 3.63) is 12.3 Å². The lowest BCUT2D eigenvalue weighted by atomic mass is 10.0. The zero-order valence-corrected chi connectivity index (χ0v) is 5.72. The Kier molecular flexibility index (Phi) is 1.56. The highest BCUT2D eigenvalue weighted by Gasteiger charge is 2.21. The van der Waals surface area contributed by atoms with E-state index < -0.39 is 0 Å². The van der Waals surface area contributed by atoms with Gasteiger partial charge in [0.15, 0.2) is 0 Å². The third kappa shape index (κ3) is 1.12. The average Bonchev–Trinajstić information content (AvgIpc) is 2.13. The molecule has 0 saturated carbocycles. The van der Waals surface area contributed by atoms with Crippen LogP contribution >= 0.6 is 0 Å². The van der Waals surface area contributed by atoms with Crippen LogP contribution in [0.5, 0.6) is 0 Å². The van der Waals surface area contributed by atoms with Crippen molar-refractivity contribution in [1.29, 1.82) is 0 Å². The molecule has 0 aliphatic carbocycles. The Morgan fingerprint density at radius 2 is 2.33 bits per heavy atom. The van der Waals surface area contributed by atoms with E-state index in [2.05, 4.69) is 5.32 Å². The maximum absolute atomic E-state index is 10.8. The predicted octanol–water partition coefficient (Wildman–Crippen LogP) is 0.697. The predicted molar refractivity (Wildman–Crippen MR) is 35.9 cm³/mol. The van der Waals surface area contributed by atoms with Crippen molar-refractivity contribution in [2.24, 2.45) is 5.92 Å². The minimum absolute atomic E-state index is 0.102. The Balaban J connectivity index is 2.59. The lowest BCUT2D eigenvalue weighted by molar-refractivity contribution is -0.119. The highest BCUT2D eigenvalue weighted by molar-refractivity contribution is 5.81. The summed E-state index contributed by atoms with van der Waals surface area (Å²) in [7, 11) is 0. The molecular formula is C7H11NO. The lowest BCUT2D eigenvalue weighted by Gasteiger charge is -2.10. The van der Waals surface area contributed by atoms with Gasteiger partial charge in [-0.05, 0) is 20.0 Å².